The summed E-state index contributed by atoms with van der Waals surface area (Å²) in [7, 11) is 1.68. The maximum Gasteiger partial charge on any atom is 0.320 e. The van der Waals surface area contributed by atoms with Gasteiger partial charge in [0.15, 0.2) is 0 Å². The summed E-state index contributed by atoms with van der Waals surface area (Å²) in [5.41, 5.74) is 6.42. The van der Waals surface area contributed by atoms with Crippen LogP contribution in [-0.2, 0) is 18.3 Å². The van der Waals surface area contributed by atoms with Crippen molar-refractivity contribution in [2.24, 2.45) is 12.8 Å². The fourth-order valence-corrected chi connectivity index (χ4v) is 1.79. The number of nitrogens with two attached hydrogens (primary N) is 1. The summed E-state index contributed by atoms with van der Waals surface area (Å²) < 4.78 is 15.2. The zero-order chi connectivity index (χ0) is 12.6. The minimum atomic E-state index is -1.12. The molecule has 2 aromatic rings. The Morgan fingerprint density at radius 1 is 1.65 bits per heavy atom. The third kappa shape index (κ3) is 1.99. The number of nitrogens with zero attached hydrogens (tertiary/aromatic N) is 2. The van der Waals surface area contributed by atoms with E-state index >= 15 is 0 Å². The molecule has 1 atom stereocenters. The molecule has 6 heteroatoms. The molecular formula is C11H12FN3O2. The number of hydrogen-bond acceptors (Lipinski definition) is 3. The molecule has 1 unspecified atom stereocenters. The molecule has 0 amide bonds. The number of carboxylic acid groups (broad SMARTS) is 1. The molecule has 0 saturated heterocycles. The molecule has 5 nitrogen and oxygen atoms in total. The highest BCUT2D eigenvalue weighted by Gasteiger charge is 2.19. The second-order valence-corrected chi connectivity index (χ2v) is 3.85. The molecule has 0 aliphatic carbocycles. The summed E-state index contributed by atoms with van der Waals surface area (Å²) in [5.74, 6) is -1.54. The van der Waals surface area contributed by atoms with Crippen molar-refractivity contribution in [1.82, 2.24) is 9.78 Å². The van der Waals surface area contributed by atoms with Crippen molar-refractivity contribution in [3.63, 3.8) is 0 Å². The van der Waals surface area contributed by atoms with Crippen molar-refractivity contribution in [3.8, 4) is 0 Å². The molecular weight excluding hydrogens is 225 g/mol. The standard InChI is InChI=1S/C11H12FN3O2/c1-15-9-4-2-3-6(12)10(9)8(14-15)5-7(13)11(16)17/h2-4,7H,5,13H2,1H3,(H,16,17). The van der Waals surface area contributed by atoms with Crippen molar-refractivity contribution in [2.45, 2.75) is 12.5 Å². The molecule has 2 rings (SSSR count). The minimum Gasteiger partial charge on any atom is -0.480 e. The number of aliphatic carboxylic acids is 1. The lowest BCUT2D eigenvalue weighted by Crippen LogP contribution is -2.32. The van der Waals surface area contributed by atoms with E-state index in [1.54, 1.807) is 19.2 Å². The van der Waals surface area contributed by atoms with Crippen molar-refractivity contribution in [3.05, 3.63) is 29.7 Å². The van der Waals surface area contributed by atoms with Crippen LogP contribution in [0.5, 0.6) is 0 Å². The Kier molecular flexibility index (Phi) is 2.81. The maximum absolute atomic E-state index is 13.7. The lowest BCUT2D eigenvalue weighted by atomic mass is 10.1. The molecule has 0 radical (unpaired) electrons. The molecule has 0 spiro atoms. The predicted octanol–water partition coefficient (Wildman–Crippen LogP) is 0.667. The van der Waals surface area contributed by atoms with Crippen LogP contribution >= 0.6 is 0 Å². The van der Waals surface area contributed by atoms with E-state index in [4.69, 9.17) is 10.8 Å². The maximum atomic E-state index is 13.7. The zero-order valence-corrected chi connectivity index (χ0v) is 9.22. The summed E-state index contributed by atoms with van der Waals surface area (Å²) in [6.07, 6.45) is 0.00755. The third-order valence-corrected chi connectivity index (χ3v) is 2.63. The van der Waals surface area contributed by atoms with E-state index in [1.165, 1.54) is 10.7 Å². The molecule has 0 saturated carbocycles. The summed E-state index contributed by atoms with van der Waals surface area (Å²) in [6, 6.07) is 3.55. The van der Waals surface area contributed by atoms with Gasteiger partial charge in [-0.15, -0.1) is 0 Å². The van der Waals surface area contributed by atoms with E-state index in [-0.39, 0.29) is 6.42 Å². The van der Waals surface area contributed by atoms with E-state index in [9.17, 15) is 9.18 Å². The SMILES string of the molecule is Cn1nc(CC(N)C(=O)O)c2c(F)cccc21. The van der Waals surface area contributed by atoms with E-state index in [0.717, 1.165) is 0 Å². The van der Waals surface area contributed by atoms with Crippen LogP contribution in [-0.4, -0.2) is 26.9 Å². The Morgan fingerprint density at radius 3 is 3.00 bits per heavy atom. The number of carboxylic acids is 1. The highest BCUT2D eigenvalue weighted by molar-refractivity contribution is 5.83. The fraction of sp³-hybridized carbons (Fsp3) is 0.273. The zero-order valence-electron chi connectivity index (χ0n) is 9.22. The van der Waals surface area contributed by atoms with E-state index < -0.39 is 17.8 Å². The van der Waals surface area contributed by atoms with Crippen LogP contribution in [0.4, 0.5) is 4.39 Å². The average molecular weight is 237 g/mol. The van der Waals surface area contributed by atoms with Crippen LogP contribution in [0.15, 0.2) is 18.2 Å². The van der Waals surface area contributed by atoms with Gasteiger partial charge < -0.3 is 10.8 Å². The first kappa shape index (κ1) is 11.5. The first-order valence-electron chi connectivity index (χ1n) is 5.09. The van der Waals surface area contributed by atoms with Gasteiger partial charge in [0.25, 0.3) is 0 Å². The summed E-state index contributed by atoms with van der Waals surface area (Å²) in [4.78, 5) is 10.7. The molecule has 1 aromatic carbocycles. The van der Waals surface area contributed by atoms with Crippen molar-refractivity contribution >= 4 is 16.9 Å². The Balaban J connectivity index is 2.51. The van der Waals surface area contributed by atoms with Gasteiger partial charge in [0.2, 0.25) is 0 Å². The van der Waals surface area contributed by atoms with Crippen LogP contribution in [0, 0.1) is 5.82 Å². The van der Waals surface area contributed by atoms with E-state index in [0.29, 0.717) is 16.6 Å². The molecule has 1 heterocycles. The molecule has 3 N–H and O–H groups in total. The summed E-state index contributed by atoms with van der Waals surface area (Å²) in [6.45, 7) is 0. The Bertz CT molecular complexity index is 579. The van der Waals surface area contributed by atoms with Crippen LogP contribution in [0.25, 0.3) is 10.9 Å². The highest BCUT2D eigenvalue weighted by Crippen LogP contribution is 2.22. The number of hydrogen-bond donors (Lipinski definition) is 2. The van der Waals surface area contributed by atoms with E-state index in [2.05, 4.69) is 5.10 Å². The second kappa shape index (κ2) is 4.14. The van der Waals surface area contributed by atoms with Gasteiger partial charge in [-0.3, -0.25) is 9.48 Å². The first-order chi connectivity index (χ1) is 8.00. The van der Waals surface area contributed by atoms with Gasteiger partial charge in [0.1, 0.15) is 11.9 Å². The van der Waals surface area contributed by atoms with Gasteiger partial charge in [-0.2, -0.15) is 5.10 Å². The van der Waals surface area contributed by atoms with Crippen LogP contribution in [0.3, 0.4) is 0 Å². The number of carbonyl (C=O) groups is 1. The van der Waals surface area contributed by atoms with Crippen LogP contribution in [0.1, 0.15) is 5.69 Å². The molecule has 90 valence electrons. The van der Waals surface area contributed by atoms with Gasteiger partial charge in [0, 0.05) is 13.5 Å². The van der Waals surface area contributed by atoms with Gasteiger partial charge in [-0.1, -0.05) is 6.07 Å². The van der Waals surface area contributed by atoms with Crippen LogP contribution in [0.2, 0.25) is 0 Å². The van der Waals surface area contributed by atoms with Crippen molar-refractivity contribution in [1.29, 1.82) is 0 Å². The van der Waals surface area contributed by atoms with Gasteiger partial charge in [-0.25, -0.2) is 4.39 Å². The molecule has 17 heavy (non-hydrogen) atoms. The quantitative estimate of drug-likeness (QED) is 0.822. The summed E-state index contributed by atoms with van der Waals surface area (Å²) >= 11 is 0. The lowest BCUT2D eigenvalue weighted by molar-refractivity contribution is -0.138. The molecule has 0 fully saturated rings. The molecule has 0 bridgehead atoms. The van der Waals surface area contributed by atoms with Crippen LogP contribution < -0.4 is 5.73 Å². The Morgan fingerprint density at radius 2 is 2.35 bits per heavy atom. The lowest BCUT2D eigenvalue weighted by Gasteiger charge is -2.03. The van der Waals surface area contributed by atoms with Gasteiger partial charge in [-0.05, 0) is 12.1 Å². The predicted molar refractivity (Wildman–Crippen MR) is 60.0 cm³/mol. The number of benzene rings is 1. The highest BCUT2D eigenvalue weighted by atomic mass is 19.1. The molecule has 1 aromatic heterocycles. The largest absolute Gasteiger partial charge is 0.480 e. The van der Waals surface area contributed by atoms with E-state index in [1.807, 2.05) is 0 Å². The smallest absolute Gasteiger partial charge is 0.320 e. The molecule has 0 aliphatic heterocycles. The molecule has 0 aliphatic rings. The topological polar surface area (TPSA) is 81.1 Å². The van der Waals surface area contributed by atoms with Gasteiger partial charge in [0.05, 0.1) is 16.6 Å². The first-order valence-corrected chi connectivity index (χ1v) is 5.09. The number of halogens is 1. The Labute approximate surface area is 96.6 Å². The fourth-order valence-electron chi connectivity index (χ4n) is 1.79. The normalized spacial score (nSPS) is 12.9. The Hall–Kier alpha value is -1.95. The van der Waals surface area contributed by atoms with Gasteiger partial charge >= 0.3 is 5.97 Å². The van der Waals surface area contributed by atoms with Crippen molar-refractivity contribution < 1.29 is 14.3 Å². The number of aryl methyl sites for hydroxylation is 1. The second-order valence-electron chi connectivity index (χ2n) is 3.85. The third-order valence-electron chi connectivity index (χ3n) is 2.63. The monoisotopic (exact) mass is 237 g/mol. The average Bonchev–Trinajstić information content (AvgIpc) is 2.57. The number of aromatic nitrogens is 2. The minimum absolute atomic E-state index is 0.00755. The number of fused-ring (bicyclic) bond motifs is 1. The number of rotatable bonds is 3. The van der Waals surface area contributed by atoms with Crippen molar-refractivity contribution in [2.75, 3.05) is 0 Å². The summed E-state index contributed by atoms with van der Waals surface area (Å²) in [5, 5.41) is 13.2.